The maximum Gasteiger partial charge on any atom is 0.417 e. The number of aromatic nitrogens is 1. The molecule has 2 aromatic rings. The van der Waals surface area contributed by atoms with Crippen molar-refractivity contribution in [2.75, 3.05) is 18.0 Å². The molecular weight excluding hydrogens is 410 g/mol. The van der Waals surface area contributed by atoms with Gasteiger partial charge in [0.15, 0.2) is 0 Å². The van der Waals surface area contributed by atoms with Crippen molar-refractivity contribution in [2.45, 2.75) is 56.2 Å². The van der Waals surface area contributed by atoms with Gasteiger partial charge in [0.05, 0.1) is 11.0 Å². The Morgan fingerprint density at radius 1 is 1.10 bits per heavy atom. The number of carbonyl (C=O) groups excluding carboxylic acids is 1. The van der Waals surface area contributed by atoms with Crippen LogP contribution in [0.25, 0.3) is 0 Å². The van der Waals surface area contributed by atoms with Crippen LogP contribution in [-0.2, 0) is 16.4 Å². The minimum absolute atomic E-state index is 0.0239. The van der Waals surface area contributed by atoms with Gasteiger partial charge >= 0.3 is 6.18 Å². The van der Waals surface area contributed by atoms with Crippen molar-refractivity contribution in [3.05, 3.63) is 59.5 Å². The Bertz CT molecular complexity index is 915. The number of rotatable bonds is 4. The number of piperidine rings is 1. The highest BCUT2D eigenvalue weighted by molar-refractivity contribution is 5.88. The molecule has 166 valence electrons. The minimum atomic E-state index is -4.40. The summed E-state index contributed by atoms with van der Waals surface area (Å²) in [6.45, 7) is 1.19. The molecule has 31 heavy (non-hydrogen) atoms. The van der Waals surface area contributed by atoms with Crippen LogP contribution in [0.4, 0.5) is 23.4 Å². The van der Waals surface area contributed by atoms with Crippen molar-refractivity contribution in [2.24, 2.45) is 0 Å². The molecule has 2 aliphatic rings. The molecule has 0 spiro atoms. The van der Waals surface area contributed by atoms with Crippen LogP contribution in [0.15, 0.2) is 42.6 Å². The topological polar surface area (TPSA) is 45.2 Å². The van der Waals surface area contributed by atoms with Gasteiger partial charge in [0.2, 0.25) is 5.91 Å². The van der Waals surface area contributed by atoms with E-state index in [2.05, 4.69) is 10.3 Å². The molecule has 4 nitrogen and oxygen atoms in total. The van der Waals surface area contributed by atoms with Crippen LogP contribution < -0.4 is 10.2 Å². The number of hydrogen-bond acceptors (Lipinski definition) is 3. The molecule has 2 heterocycles. The van der Waals surface area contributed by atoms with Crippen LogP contribution in [-0.4, -0.2) is 30.0 Å². The quantitative estimate of drug-likeness (QED) is 0.700. The number of pyridine rings is 1. The van der Waals surface area contributed by atoms with Crippen molar-refractivity contribution < 1.29 is 22.4 Å². The van der Waals surface area contributed by atoms with Crippen LogP contribution in [0.1, 0.15) is 49.7 Å². The second-order valence-electron chi connectivity index (χ2n) is 8.44. The molecule has 1 aromatic heterocycles. The second kappa shape index (κ2) is 8.48. The zero-order chi connectivity index (χ0) is 22.1. The van der Waals surface area contributed by atoms with Gasteiger partial charge in [-0.05, 0) is 55.5 Å². The highest BCUT2D eigenvalue weighted by Crippen LogP contribution is 2.42. The van der Waals surface area contributed by atoms with Crippen molar-refractivity contribution >= 4 is 11.7 Å². The number of carbonyl (C=O) groups is 1. The summed E-state index contributed by atoms with van der Waals surface area (Å²) in [6, 6.07) is 8.72. The lowest BCUT2D eigenvalue weighted by Crippen LogP contribution is -2.50. The van der Waals surface area contributed by atoms with Crippen LogP contribution in [0.5, 0.6) is 0 Å². The first kappa shape index (κ1) is 21.6. The molecule has 1 N–H and O–H groups in total. The average Bonchev–Trinajstić information content (AvgIpc) is 3.25. The summed E-state index contributed by atoms with van der Waals surface area (Å²) < 4.78 is 52.0. The fourth-order valence-corrected chi connectivity index (χ4v) is 4.73. The molecule has 1 amide bonds. The summed E-state index contributed by atoms with van der Waals surface area (Å²) in [7, 11) is 0. The lowest BCUT2D eigenvalue weighted by Gasteiger charge is -2.36. The highest BCUT2D eigenvalue weighted by atomic mass is 19.4. The Morgan fingerprint density at radius 2 is 1.81 bits per heavy atom. The maximum atomic E-state index is 13.8. The summed E-state index contributed by atoms with van der Waals surface area (Å²) in [6.07, 6.45) is 1.07. The molecule has 1 aromatic carbocycles. The number of nitrogens with zero attached hydrogens (tertiary/aromatic N) is 2. The smallest absolute Gasteiger partial charge is 0.356 e. The molecule has 1 saturated heterocycles. The molecule has 4 rings (SSSR count). The molecule has 0 unspecified atom stereocenters. The lowest BCUT2D eigenvalue weighted by molar-refractivity contribution is -0.137. The van der Waals surface area contributed by atoms with E-state index < -0.39 is 17.2 Å². The first-order chi connectivity index (χ1) is 14.8. The van der Waals surface area contributed by atoms with Gasteiger partial charge < -0.3 is 10.2 Å². The average molecular weight is 435 g/mol. The third-order valence-electron chi connectivity index (χ3n) is 6.50. The van der Waals surface area contributed by atoms with E-state index in [4.69, 9.17) is 0 Å². The standard InChI is InChI=1S/C23H25F4N3O/c24-18-5-3-4-16(14-18)22(10-1-2-11-22)21(31)29-19-8-12-30(13-9-19)20-7-6-17(15-28-20)23(25,26)27/h3-7,14-15,19H,1-2,8-13H2,(H,29,31). The van der Waals surface area contributed by atoms with Gasteiger partial charge in [-0.15, -0.1) is 0 Å². The van der Waals surface area contributed by atoms with E-state index in [0.29, 0.717) is 44.6 Å². The van der Waals surface area contributed by atoms with Crippen molar-refractivity contribution in [3.63, 3.8) is 0 Å². The third kappa shape index (κ3) is 4.52. The van der Waals surface area contributed by atoms with E-state index in [1.807, 2.05) is 11.0 Å². The maximum absolute atomic E-state index is 13.8. The fourth-order valence-electron chi connectivity index (χ4n) is 4.73. The Balaban J connectivity index is 1.38. The second-order valence-corrected chi connectivity index (χ2v) is 8.44. The number of alkyl halides is 3. The Hall–Kier alpha value is -2.64. The van der Waals surface area contributed by atoms with E-state index in [1.54, 1.807) is 6.07 Å². The summed E-state index contributed by atoms with van der Waals surface area (Å²) >= 11 is 0. The largest absolute Gasteiger partial charge is 0.417 e. The lowest BCUT2D eigenvalue weighted by atomic mass is 9.77. The normalized spacial score (nSPS) is 19.4. The third-order valence-corrected chi connectivity index (χ3v) is 6.50. The predicted octanol–water partition coefficient (Wildman–Crippen LogP) is 4.84. The number of nitrogens with one attached hydrogen (secondary N) is 1. The van der Waals surface area contributed by atoms with Crippen LogP contribution in [0.2, 0.25) is 0 Å². The molecule has 0 atom stereocenters. The molecule has 8 heteroatoms. The summed E-state index contributed by atoms with van der Waals surface area (Å²) in [4.78, 5) is 19.2. The SMILES string of the molecule is O=C(NC1CCN(c2ccc(C(F)(F)F)cn2)CC1)C1(c2cccc(F)c2)CCCC1. The zero-order valence-corrected chi connectivity index (χ0v) is 17.1. The molecule has 2 fully saturated rings. The number of amides is 1. The number of benzene rings is 1. The van der Waals surface area contributed by atoms with Gasteiger partial charge in [-0.25, -0.2) is 9.37 Å². The Morgan fingerprint density at radius 3 is 2.39 bits per heavy atom. The fraction of sp³-hybridized carbons (Fsp3) is 0.478. The first-order valence-corrected chi connectivity index (χ1v) is 10.6. The van der Waals surface area contributed by atoms with Crippen molar-refractivity contribution in [1.82, 2.24) is 10.3 Å². The molecule has 1 aliphatic carbocycles. The molecule has 1 saturated carbocycles. The van der Waals surface area contributed by atoms with Gasteiger partial charge in [-0.2, -0.15) is 13.2 Å². The minimum Gasteiger partial charge on any atom is -0.356 e. The number of halogens is 4. The van der Waals surface area contributed by atoms with Crippen LogP contribution in [0.3, 0.4) is 0 Å². The van der Waals surface area contributed by atoms with Crippen molar-refractivity contribution in [1.29, 1.82) is 0 Å². The van der Waals surface area contributed by atoms with Gasteiger partial charge in [0.1, 0.15) is 11.6 Å². The predicted molar refractivity (Wildman–Crippen MR) is 109 cm³/mol. The van der Waals surface area contributed by atoms with Crippen LogP contribution >= 0.6 is 0 Å². The summed E-state index contributed by atoms with van der Waals surface area (Å²) in [5, 5.41) is 3.16. The zero-order valence-electron chi connectivity index (χ0n) is 17.1. The van der Waals surface area contributed by atoms with Crippen LogP contribution in [0, 0.1) is 5.82 Å². The molecule has 0 radical (unpaired) electrons. The monoisotopic (exact) mass is 435 g/mol. The Labute approximate surface area is 178 Å². The number of anilines is 1. The van der Waals surface area contributed by atoms with Gasteiger partial charge in [-0.1, -0.05) is 25.0 Å². The van der Waals surface area contributed by atoms with Gasteiger partial charge in [0.25, 0.3) is 0 Å². The van der Waals surface area contributed by atoms with E-state index in [9.17, 15) is 22.4 Å². The Kier molecular flexibility index (Phi) is 5.90. The highest BCUT2D eigenvalue weighted by Gasteiger charge is 2.43. The van der Waals surface area contributed by atoms with Gasteiger partial charge in [0, 0.05) is 25.3 Å². The molecular formula is C23H25F4N3O. The summed E-state index contributed by atoms with van der Waals surface area (Å²) in [5.74, 6) is 0.112. The van der Waals surface area contributed by atoms with Crippen molar-refractivity contribution in [3.8, 4) is 0 Å². The summed E-state index contributed by atoms with van der Waals surface area (Å²) in [5.41, 5.74) is -0.722. The number of hydrogen-bond donors (Lipinski definition) is 1. The van der Waals surface area contributed by atoms with E-state index in [-0.39, 0.29) is 17.8 Å². The molecule has 1 aliphatic heterocycles. The van der Waals surface area contributed by atoms with E-state index in [0.717, 1.165) is 30.7 Å². The molecule has 0 bridgehead atoms. The van der Waals surface area contributed by atoms with E-state index >= 15 is 0 Å². The first-order valence-electron chi connectivity index (χ1n) is 10.6. The van der Waals surface area contributed by atoms with E-state index in [1.165, 1.54) is 18.2 Å². The van der Waals surface area contributed by atoms with Gasteiger partial charge in [-0.3, -0.25) is 4.79 Å².